The number of carbonyl (C=O) groups excluding carboxylic acids is 1. The minimum atomic E-state index is -0.427. The molecule has 1 amide bonds. The van der Waals surface area contributed by atoms with Gasteiger partial charge in [-0.15, -0.1) is 0 Å². The molecule has 0 aliphatic heterocycles. The van der Waals surface area contributed by atoms with Crippen LogP contribution in [0.15, 0.2) is 30.5 Å². The molecule has 0 fully saturated rings. The number of benzene rings is 1. The second-order valence-electron chi connectivity index (χ2n) is 4.63. The fourth-order valence-corrected chi connectivity index (χ4v) is 2.21. The summed E-state index contributed by atoms with van der Waals surface area (Å²) in [6, 6.07) is 6.03. The van der Waals surface area contributed by atoms with Crippen LogP contribution in [0.4, 0.5) is 10.1 Å². The zero-order valence-electron chi connectivity index (χ0n) is 11.2. The molecular weight excluding hydrogens is 281 g/mol. The van der Waals surface area contributed by atoms with Crippen molar-refractivity contribution in [3.05, 3.63) is 52.6 Å². The number of carbonyl (C=O) groups is 1. The van der Waals surface area contributed by atoms with E-state index in [0.717, 1.165) is 0 Å². The van der Waals surface area contributed by atoms with E-state index in [0.29, 0.717) is 22.0 Å². The average molecular weight is 296 g/mol. The summed E-state index contributed by atoms with van der Waals surface area (Å²) in [6.07, 6.45) is 1.65. The van der Waals surface area contributed by atoms with Gasteiger partial charge in [0, 0.05) is 30.9 Å². The molecule has 20 heavy (non-hydrogen) atoms. The fourth-order valence-electron chi connectivity index (χ4n) is 1.99. The number of halogens is 2. The number of hydrogen-bond acceptors (Lipinski definition) is 2. The molecule has 0 unspecified atom stereocenters. The van der Waals surface area contributed by atoms with Crippen LogP contribution in [0.25, 0.3) is 0 Å². The third kappa shape index (κ3) is 2.77. The number of nitrogens with zero attached hydrogens (tertiary/aromatic N) is 2. The van der Waals surface area contributed by atoms with Gasteiger partial charge in [-0.05, 0) is 18.2 Å². The van der Waals surface area contributed by atoms with Crippen molar-refractivity contribution in [2.75, 3.05) is 12.8 Å². The first-order chi connectivity index (χ1) is 9.40. The third-order valence-corrected chi connectivity index (χ3v) is 3.40. The van der Waals surface area contributed by atoms with E-state index in [1.54, 1.807) is 37.0 Å². The van der Waals surface area contributed by atoms with Crippen LogP contribution in [0.5, 0.6) is 0 Å². The second-order valence-corrected chi connectivity index (χ2v) is 5.04. The van der Waals surface area contributed by atoms with Crippen molar-refractivity contribution in [2.24, 2.45) is 7.05 Å². The lowest BCUT2D eigenvalue weighted by atomic mass is 10.2. The van der Waals surface area contributed by atoms with Crippen molar-refractivity contribution in [2.45, 2.75) is 6.54 Å². The number of aromatic nitrogens is 1. The molecule has 0 aliphatic rings. The van der Waals surface area contributed by atoms with Crippen molar-refractivity contribution in [3.63, 3.8) is 0 Å². The second kappa shape index (κ2) is 5.54. The number of nitrogens with two attached hydrogens (primary N) is 1. The molecule has 106 valence electrons. The Kier molecular flexibility index (Phi) is 3.99. The van der Waals surface area contributed by atoms with Gasteiger partial charge in [-0.1, -0.05) is 17.7 Å². The first-order valence-corrected chi connectivity index (χ1v) is 6.38. The molecule has 0 bridgehead atoms. The Morgan fingerprint density at radius 1 is 1.50 bits per heavy atom. The van der Waals surface area contributed by atoms with E-state index >= 15 is 0 Å². The Bertz CT molecular complexity index is 634. The van der Waals surface area contributed by atoms with Crippen molar-refractivity contribution < 1.29 is 9.18 Å². The van der Waals surface area contributed by atoms with Gasteiger partial charge in [0.25, 0.3) is 5.91 Å². The fraction of sp³-hybridized carbons (Fsp3) is 0.214. The Balaban J connectivity index is 2.22. The molecule has 2 rings (SSSR count). The van der Waals surface area contributed by atoms with Gasteiger partial charge in [0.05, 0.1) is 12.2 Å². The SMILES string of the molecule is CN(Cc1c(F)cccc1Cl)C(=O)c1cc(N)cn1C. The summed E-state index contributed by atoms with van der Waals surface area (Å²) >= 11 is 5.96. The van der Waals surface area contributed by atoms with Crippen molar-refractivity contribution in [1.29, 1.82) is 0 Å². The number of anilines is 1. The number of aryl methyl sites for hydroxylation is 1. The molecule has 2 aromatic rings. The minimum absolute atomic E-state index is 0.0927. The van der Waals surface area contributed by atoms with Crippen LogP contribution in [0.2, 0.25) is 5.02 Å². The predicted octanol–water partition coefficient (Wildman–Crippen LogP) is 2.67. The zero-order chi connectivity index (χ0) is 14.9. The van der Waals surface area contributed by atoms with E-state index in [4.69, 9.17) is 17.3 Å². The molecular formula is C14H15ClFN3O. The summed E-state index contributed by atoms with van der Waals surface area (Å²) in [5.74, 6) is -0.674. The highest BCUT2D eigenvalue weighted by molar-refractivity contribution is 6.31. The van der Waals surface area contributed by atoms with Crippen LogP contribution >= 0.6 is 11.6 Å². The summed E-state index contributed by atoms with van der Waals surface area (Å²) in [5, 5.41) is 0.302. The predicted molar refractivity (Wildman–Crippen MR) is 77.0 cm³/mol. The quantitative estimate of drug-likeness (QED) is 0.946. The van der Waals surface area contributed by atoms with Gasteiger partial charge in [0.1, 0.15) is 11.5 Å². The number of rotatable bonds is 3. The molecule has 1 heterocycles. The highest BCUT2D eigenvalue weighted by Gasteiger charge is 2.18. The number of amides is 1. The Hall–Kier alpha value is -2.01. The van der Waals surface area contributed by atoms with Crippen molar-refractivity contribution in [1.82, 2.24) is 9.47 Å². The van der Waals surface area contributed by atoms with E-state index in [1.807, 2.05) is 0 Å². The van der Waals surface area contributed by atoms with E-state index in [-0.39, 0.29) is 12.5 Å². The number of hydrogen-bond donors (Lipinski definition) is 1. The maximum atomic E-state index is 13.7. The molecule has 0 saturated heterocycles. The first-order valence-electron chi connectivity index (χ1n) is 6.00. The molecule has 6 heteroatoms. The lowest BCUT2D eigenvalue weighted by Crippen LogP contribution is -2.28. The zero-order valence-corrected chi connectivity index (χ0v) is 12.0. The Morgan fingerprint density at radius 3 is 2.75 bits per heavy atom. The largest absolute Gasteiger partial charge is 0.397 e. The Labute approximate surface area is 121 Å². The molecule has 0 saturated carbocycles. The summed E-state index contributed by atoms with van der Waals surface area (Å²) in [4.78, 5) is 13.7. The molecule has 1 aromatic carbocycles. The maximum Gasteiger partial charge on any atom is 0.270 e. The van der Waals surface area contributed by atoms with Gasteiger partial charge in [-0.3, -0.25) is 4.79 Å². The standard InChI is InChI=1S/C14H15ClFN3O/c1-18-7-9(17)6-13(18)14(20)19(2)8-10-11(15)4-3-5-12(10)16/h3-7H,8,17H2,1-2H3. The molecule has 1 aromatic heterocycles. The molecule has 0 radical (unpaired) electrons. The molecule has 4 nitrogen and oxygen atoms in total. The minimum Gasteiger partial charge on any atom is -0.397 e. The van der Waals surface area contributed by atoms with Crippen LogP contribution in [-0.2, 0) is 13.6 Å². The van der Waals surface area contributed by atoms with Crippen LogP contribution in [-0.4, -0.2) is 22.4 Å². The lowest BCUT2D eigenvalue weighted by molar-refractivity contribution is 0.0774. The molecule has 0 aliphatic carbocycles. The number of nitrogen functional groups attached to an aromatic ring is 1. The summed E-state index contributed by atoms with van der Waals surface area (Å²) in [5.41, 5.74) is 6.89. The Morgan fingerprint density at radius 2 is 2.20 bits per heavy atom. The van der Waals surface area contributed by atoms with E-state index in [2.05, 4.69) is 0 Å². The van der Waals surface area contributed by atoms with E-state index in [1.165, 1.54) is 17.0 Å². The van der Waals surface area contributed by atoms with Crippen LogP contribution < -0.4 is 5.73 Å². The normalized spacial score (nSPS) is 10.6. The monoisotopic (exact) mass is 295 g/mol. The van der Waals surface area contributed by atoms with Gasteiger partial charge in [0.2, 0.25) is 0 Å². The van der Waals surface area contributed by atoms with Gasteiger partial charge in [-0.25, -0.2) is 4.39 Å². The third-order valence-electron chi connectivity index (χ3n) is 3.05. The van der Waals surface area contributed by atoms with Gasteiger partial charge in [0.15, 0.2) is 0 Å². The van der Waals surface area contributed by atoms with E-state index < -0.39 is 5.82 Å². The van der Waals surface area contributed by atoms with Crippen LogP contribution in [0.1, 0.15) is 16.1 Å². The molecule has 0 atom stereocenters. The summed E-state index contributed by atoms with van der Waals surface area (Å²) in [7, 11) is 3.32. The smallest absolute Gasteiger partial charge is 0.270 e. The highest BCUT2D eigenvalue weighted by atomic mass is 35.5. The summed E-state index contributed by atoms with van der Waals surface area (Å²) < 4.78 is 15.3. The highest BCUT2D eigenvalue weighted by Crippen LogP contribution is 2.21. The average Bonchev–Trinajstić information content (AvgIpc) is 2.72. The molecule has 2 N–H and O–H groups in total. The van der Waals surface area contributed by atoms with Crippen LogP contribution in [0, 0.1) is 5.82 Å². The van der Waals surface area contributed by atoms with Gasteiger partial charge in [-0.2, -0.15) is 0 Å². The summed E-state index contributed by atoms with van der Waals surface area (Å²) in [6.45, 7) is 0.0927. The van der Waals surface area contributed by atoms with Gasteiger partial charge >= 0.3 is 0 Å². The first kappa shape index (κ1) is 14.4. The van der Waals surface area contributed by atoms with Crippen molar-refractivity contribution in [3.8, 4) is 0 Å². The topological polar surface area (TPSA) is 51.3 Å². The molecule has 0 spiro atoms. The maximum absolute atomic E-state index is 13.7. The van der Waals surface area contributed by atoms with E-state index in [9.17, 15) is 9.18 Å². The lowest BCUT2D eigenvalue weighted by Gasteiger charge is -2.18. The van der Waals surface area contributed by atoms with Crippen LogP contribution in [0.3, 0.4) is 0 Å². The van der Waals surface area contributed by atoms with Crippen molar-refractivity contribution >= 4 is 23.2 Å². The van der Waals surface area contributed by atoms with Gasteiger partial charge < -0.3 is 15.2 Å².